The van der Waals surface area contributed by atoms with Crippen LogP contribution in [0.1, 0.15) is 38.5 Å². The lowest BCUT2D eigenvalue weighted by atomic mass is 10.0. The van der Waals surface area contributed by atoms with Crippen molar-refractivity contribution in [2.45, 2.75) is 52.1 Å². The van der Waals surface area contributed by atoms with E-state index in [9.17, 15) is 0 Å². The highest BCUT2D eigenvalue weighted by molar-refractivity contribution is 14.0. The van der Waals surface area contributed by atoms with Crippen molar-refractivity contribution in [1.82, 2.24) is 15.5 Å². The number of piperidine rings is 1. The van der Waals surface area contributed by atoms with Gasteiger partial charge in [0.1, 0.15) is 0 Å². The molecule has 138 valence electrons. The molecule has 0 bridgehead atoms. The molecule has 0 atom stereocenters. The molecule has 1 aliphatic heterocycles. The highest BCUT2D eigenvalue weighted by Gasteiger charge is 2.21. The fourth-order valence-corrected chi connectivity index (χ4v) is 4.31. The van der Waals surface area contributed by atoms with E-state index in [-0.39, 0.29) is 24.0 Å². The first-order valence-corrected chi connectivity index (χ1v) is 10.2. The van der Waals surface area contributed by atoms with Gasteiger partial charge in [-0.15, -0.1) is 35.3 Å². The topological polar surface area (TPSA) is 39.7 Å². The average molecular weight is 529 g/mol. The van der Waals surface area contributed by atoms with Crippen molar-refractivity contribution < 1.29 is 0 Å². The monoisotopic (exact) mass is 528 g/mol. The summed E-state index contributed by atoms with van der Waals surface area (Å²) in [5.74, 6) is 0.964. The largest absolute Gasteiger partial charge is 0.357 e. The minimum absolute atomic E-state index is 0. The number of guanidine groups is 1. The molecule has 2 rings (SSSR count). The van der Waals surface area contributed by atoms with Crippen LogP contribution in [0.5, 0.6) is 0 Å². The number of halogens is 2. The molecule has 0 aromatic carbocycles. The fourth-order valence-electron chi connectivity index (χ4n) is 2.84. The van der Waals surface area contributed by atoms with Gasteiger partial charge in [0.05, 0.1) is 3.79 Å². The molecule has 0 amide bonds. The summed E-state index contributed by atoms with van der Waals surface area (Å²) in [4.78, 5) is 8.67. The van der Waals surface area contributed by atoms with Gasteiger partial charge in [0.15, 0.2) is 5.96 Å². The van der Waals surface area contributed by atoms with E-state index in [1.807, 2.05) is 0 Å². The first kappa shape index (κ1) is 22.2. The first-order valence-electron chi connectivity index (χ1n) is 8.61. The van der Waals surface area contributed by atoms with Gasteiger partial charge in [0.25, 0.3) is 0 Å². The van der Waals surface area contributed by atoms with E-state index in [0.717, 1.165) is 25.5 Å². The number of rotatable bonds is 6. The van der Waals surface area contributed by atoms with Gasteiger partial charge in [-0.2, -0.15) is 0 Å². The predicted octanol–water partition coefficient (Wildman–Crippen LogP) is 4.10. The van der Waals surface area contributed by atoms with Gasteiger partial charge in [-0.05, 0) is 61.7 Å². The SMILES string of the molecule is CCNC(=NCCc1ccc(Br)s1)NC1CCN(C(C)C)CC1.I. The number of nitrogens with one attached hydrogen (secondary N) is 2. The van der Waals surface area contributed by atoms with Crippen LogP contribution < -0.4 is 10.6 Å². The molecule has 0 radical (unpaired) electrons. The van der Waals surface area contributed by atoms with Crippen molar-refractivity contribution >= 4 is 57.2 Å². The Kier molecular flexibility index (Phi) is 10.8. The van der Waals surface area contributed by atoms with E-state index < -0.39 is 0 Å². The lowest BCUT2D eigenvalue weighted by molar-refractivity contribution is 0.167. The summed E-state index contributed by atoms with van der Waals surface area (Å²) in [6, 6.07) is 5.48. The van der Waals surface area contributed by atoms with Gasteiger partial charge in [-0.1, -0.05) is 0 Å². The molecular formula is C17H30BrIN4S. The average Bonchev–Trinajstić information content (AvgIpc) is 2.93. The molecule has 1 aromatic rings. The number of hydrogen-bond acceptors (Lipinski definition) is 3. The van der Waals surface area contributed by atoms with Gasteiger partial charge in [-0.3, -0.25) is 4.99 Å². The molecule has 4 nitrogen and oxygen atoms in total. The predicted molar refractivity (Wildman–Crippen MR) is 120 cm³/mol. The quantitative estimate of drug-likeness (QED) is 0.332. The van der Waals surface area contributed by atoms with Gasteiger partial charge >= 0.3 is 0 Å². The molecular weight excluding hydrogens is 499 g/mol. The van der Waals surface area contributed by atoms with E-state index in [1.165, 1.54) is 34.6 Å². The Bertz CT molecular complexity index is 499. The molecule has 0 spiro atoms. The van der Waals surface area contributed by atoms with Crippen molar-refractivity contribution in [2.75, 3.05) is 26.2 Å². The standard InChI is InChI=1S/C17H29BrN4S.HI/c1-4-19-17(20-10-7-15-5-6-16(18)23-15)21-14-8-11-22(12-9-14)13(2)3;/h5-6,13-14H,4,7-12H2,1-3H3,(H2,19,20,21);1H. The minimum Gasteiger partial charge on any atom is -0.357 e. The maximum Gasteiger partial charge on any atom is 0.191 e. The number of nitrogens with zero attached hydrogens (tertiary/aromatic N) is 2. The molecule has 0 unspecified atom stereocenters. The number of hydrogen-bond donors (Lipinski definition) is 2. The van der Waals surface area contributed by atoms with E-state index in [4.69, 9.17) is 4.99 Å². The van der Waals surface area contributed by atoms with Crippen LogP contribution in [0.2, 0.25) is 0 Å². The Morgan fingerprint density at radius 2 is 2.08 bits per heavy atom. The van der Waals surface area contributed by atoms with Crippen molar-refractivity contribution in [2.24, 2.45) is 4.99 Å². The summed E-state index contributed by atoms with van der Waals surface area (Å²) in [6.45, 7) is 10.8. The molecule has 1 fully saturated rings. The molecule has 0 aliphatic carbocycles. The number of aliphatic imine (C=N–C) groups is 1. The van der Waals surface area contributed by atoms with Crippen molar-refractivity contribution in [3.05, 3.63) is 20.8 Å². The van der Waals surface area contributed by atoms with Gasteiger partial charge in [0.2, 0.25) is 0 Å². The molecule has 7 heteroatoms. The third-order valence-corrected chi connectivity index (χ3v) is 5.89. The molecule has 2 heterocycles. The summed E-state index contributed by atoms with van der Waals surface area (Å²) < 4.78 is 1.19. The zero-order valence-corrected chi connectivity index (χ0v) is 19.6. The zero-order valence-electron chi connectivity index (χ0n) is 14.8. The number of likely N-dealkylation sites (tertiary alicyclic amines) is 1. The van der Waals surface area contributed by atoms with Crippen LogP contribution in [0, 0.1) is 0 Å². The lowest BCUT2D eigenvalue weighted by Gasteiger charge is -2.35. The summed E-state index contributed by atoms with van der Waals surface area (Å²) in [7, 11) is 0. The second kappa shape index (κ2) is 11.7. The van der Waals surface area contributed by atoms with Crippen LogP contribution in [-0.4, -0.2) is 49.1 Å². The minimum atomic E-state index is 0. The number of thiophene rings is 1. The summed E-state index contributed by atoms with van der Waals surface area (Å²) >= 11 is 5.30. The summed E-state index contributed by atoms with van der Waals surface area (Å²) in [5, 5.41) is 6.99. The summed E-state index contributed by atoms with van der Waals surface area (Å²) in [5.41, 5.74) is 0. The highest BCUT2D eigenvalue weighted by atomic mass is 127. The Morgan fingerprint density at radius 3 is 2.62 bits per heavy atom. The van der Waals surface area contributed by atoms with Gasteiger partial charge < -0.3 is 15.5 Å². The Hall–Kier alpha value is 0.140. The lowest BCUT2D eigenvalue weighted by Crippen LogP contribution is -2.49. The van der Waals surface area contributed by atoms with Crippen molar-refractivity contribution in [3.8, 4) is 0 Å². The Balaban J connectivity index is 0.00000288. The van der Waals surface area contributed by atoms with E-state index in [2.05, 4.69) is 64.4 Å². The molecule has 2 N–H and O–H groups in total. The Labute approximate surface area is 176 Å². The van der Waals surface area contributed by atoms with Crippen molar-refractivity contribution in [1.29, 1.82) is 0 Å². The maximum atomic E-state index is 4.74. The third kappa shape index (κ3) is 7.58. The Morgan fingerprint density at radius 1 is 1.38 bits per heavy atom. The van der Waals surface area contributed by atoms with Crippen LogP contribution in [-0.2, 0) is 6.42 Å². The van der Waals surface area contributed by atoms with E-state index >= 15 is 0 Å². The second-order valence-electron chi connectivity index (χ2n) is 6.26. The van der Waals surface area contributed by atoms with E-state index in [1.54, 1.807) is 11.3 Å². The van der Waals surface area contributed by atoms with E-state index in [0.29, 0.717) is 12.1 Å². The van der Waals surface area contributed by atoms with Gasteiger partial charge in [-0.25, -0.2) is 0 Å². The van der Waals surface area contributed by atoms with Crippen molar-refractivity contribution in [3.63, 3.8) is 0 Å². The van der Waals surface area contributed by atoms with Crippen LogP contribution >= 0.6 is 51.2 Å². The molecule has 0 saturated carbocycles. The van der Waals surface area contributed by atoms with Crippen LogP contribution in [0.25, 0.3) is 0 Å². The normalized spacial score (nSPS) is 17.0. The molecule has 1 aromatic heterocycles. The molecule has 1 aliphatic rings. The van der Waals surface area contributed by atoms with Gasteiger partial charge in [0, 0.05) is 49.6 Å². The van der Waals surface area contributed by atoms with Crippen LogP contribution in [0.4, 0.5) is 0 Å². The smallest absolute Gasteiger partial charge is 0.191 e. The fraction of sp³-hybridized carbons (Fsp3) is 0.706. The molecule has 1 saturated heterocycles. The highest BCUT2D eigenvalue weighted by Crippen LogP contribution is 2.22. The third-order valence-electron chi connectivity index (χ3n) is 4.20. The zero-order chi connectivity index (χ0) is 16.7. The maximum absolute atomic E-state index is 4.74. The molecule has 24 heavy (non-hydrogen) atoms. The summed E-state index contributed by atoms with van der Waals surface area (Å²) in [6.07, 6.45) is 3.39. The van der Waals surface area contributed by atoms with Crippen LogP contribution in [0.15, 0.2) is 20.9 Å². The van der Waals surface area contributed by atoms with Crippen LogP contribution in [0.3, 0.4) is 0 Å². The second-order valence-corrected chi connectivity index (χ2v) is 8.81. The first-order chi connectivity index (χ1) is 11.1.